The minimum absolute atomic E-state index is 0.104. The number of ether oxygens (including phenoxy) is 2. The summed E-state index contributed by atoms with van der Waals surface area (Å²) in [5.41, 5.74) is 7.38. The second-order valence-electron chi connectivity index (χ2n) is 6.26. The van der Waals surface area contributed by atoms with Crippen LogP contribution in [-0.4, -0.2) is 18.8 Å². The highest BCUT2D eigenvalue weighted by Gasteiger charge is 2.22. The van der Waals surface area contributed by atoms with Crippen molar-refractivity contribution < 1.29 is 9.47 Å². The quantitative estimate of drug-likeness (QED) is 0.910. The minimum Gasteiger partial charge on any atom is -0.488 e. The van der Waals surface area contributed by atoms with E-state index in [2.05, 4.69) is 32.9 Å². The Labute approximate surface area is 116 Å². The van der Waals surface area contributed by atoms with Crippen LogP contribution in [0, 0.1) is 5.92 Å². The summed E-state index contributed by atoms with van der Waals surface area (Å²) in [6, 6.07) is 8.30. The van der Waals surface area contributed by atoms with Crippen molar-refractivity contribution in [1.82, 2.24) is 0 Å². The predicted octanol–water partition coefficient (Wildman–Crippen LogP) is 3.29. The topological polar surface area (TPSA) is 44.5 Å². The zero-order chi connectivity index (χ0) is 13.9. The molecule has 0 unspecified atom stereocenters. The van der Waals surface area contributed by atoms with Crippen LogP contribution in [0.3, 0.4) is 0 Å². The third-order valence-corrected chi connectivity index (χ3v) is 3.46. The van der Waals surface area contributed by atoms with Crippen LogP contribution in [0.4, 0.5) is 0 Å². The molecule has 2 N–H and O–H groups in total. The second-order valence-corrected chi connectivity index (χ2v) is 6.26. The van der Waals surface area contributed by atoms with Crippen molar-refractivity contribution in [3.8, 4) is 5.75 Å². The van der Waals surface area contributed by atoms with Crippen molar-refractivity contribution in [1.29, 1.82) is 0 Å². The molecule has 1 aliphatic rings. The summed E-state index contributed by atoms with van der Waals surface area (Å²) in [7, 11) is 0. The van der Waals surface area contributed by atoms with Crippen LogP contribution in [-0.2, 0) is 4.74 Å². The van der Waals surface area contributed by atoms with Crippen molar-refractivity contribution in [2.75, 3.05) is 13.2 Å². The summed E-state index contributed by atoms with van der Waals surface area (Å²) in [5.74, 6) is 1.43. The molecule has 1 aromatic rings. The summed E-state index contributed by atoms with van der Waals surface area (Å²) >= 11 is 0. The van der Waals surface area contributed by atoms with E-state index >= 15 is 0 Å². The van der Waals surface area contributed by atoms with Gasteiger partial charge in [0.25, 0.3) is 0 Å². The monoisotopic (exact) mass is 263 g/mol. The second kappa shape index (κ2) is 5.93. The van der Waals surface area contributed by atoms with E-state index < -0.39 is 0 Å². The minimum atomic E-state index is -0.162. The van der Waals surface area contributed by atoms with E-state index in [0.29, 0.717) is 5.92 Å². The van der Waals surface area contributed by atoms with Gasteiger partial charge in [-0.2, -0.15) is 0 Å². The van der Waals surface area contributed by atoms with Crippen molar-refractivity contribution in [3.05, 3.63) is 29.8 Å². The molecule has 0 aromatic heterocycles. The van der Waals surface area contributed by atoms with Crippen molar-refractivity contribution in [2.24, 2.45) is 11.7 Å². The Kier molecular flexibility index (Phi) is 4.48. The van der Waals surface area contributed by atoms with Gasteiger partial charge in [-0.3, -0.25) is 0 Å². The zero-order valence-corrected chi connectivity index (χ0v) is 12.2. The van der Waals surface area contributed by atoms with Gasteiger partial charge in [-0.15, -0.1) is 0 Å². The first kappa shape index (κ1) is 14.4. The lowest BCUT2D eigenvalue weighted by Gasteiger charge is -2.28. The fourth-order valence-corrected chi connectivity index (χ4v) is 2.46. The Hall–Kier alpha value is -1.06. The maximum absolute atomic E-state index is 6.35. The molecule has 19 heavy (non-hydrogen) atoms. The highest BCUT2D eigenvalue weighted by Crippen LogP contribution is 2.29. The van der Waals surface area contributed by atoms with Gasteiger partial charge in [0.1, 0.15) is 11.4 Å². The van der Waals surface area contributed by atoms with Gasteiger partial charge in [-0.25, -0.2) is 0 Å². The van der Waals surface area contributed by atoms with Crippen molar-refractivity contribution >= 4 is 0 Å². The molecule has 0 saturated carbocycles. The smallest absolute Gasteiger partial charge is 0.120 e. The number of hydrogen-bond acceptors (Lipinski definition) is 3. The Morgan fingerprint density at radius 3 is 2.26 bits per heavy atom. The van der Waals surface area contributed by atoms with E-state index in [-0.39, 0.29) is 11.6 Å². The van der Waals surface area contributed by atoms with E-state index in [4.69, 9.17) is 15.2 Å². The van der Waals surface area contributed by atoms with Crippen LogP contribution in [0.2, 0.25) is 0 Å². The lowest BCUT2D eigenvalue weighted by Crippen LogP contribution is -2.27. The first-order valence-corrected chi connectivity index (χ1v) is 7.08. The molecule has 1 aliphatic heterocycles. The Morgan fingerprint density at radius 2 is 1.74 bits per heavy atom. The van der Waals surface area contributed by atoms with Crippen molar-refractivity contribution in [2.45, 2.75) is 45.3 Å². The normalized spacial score (nSPS) is 19.2. The average molecular weight is 263 g/mol. The maximum Gasteiger partial charge on any atom is 0.120 e. The Bertz CT molecular complexity index is 388. The molecule has 0 spiro atoms. The third-order valence-electron chi connectivity index (χ3n) is 3.46. The molecule has 1 fully saturated rings. The SMILES string of the molecule is CC(C)(C)Oc1ccc([C@@H](N)C2CCOCC2)cc1. The van der Waals surface area contributed by atoms with Gasteiger partial charge in [-0.1, -0.05) is 12.1 Å². The number of hydrogen-bond donors (Lipinski definition) is 1. The van der Waals surface area contributed by atoms with Gasteiger partial charge < -0.3 is 15.2 Å². The van der Waals surface area contributed by atoms with Gasteiger partial charge in [0.2, 0.25) is 0 Å². The first-order chi connectivity index (χ1) is 8.96. The maximum atomic E-state index is 6.35. The molecule has 1 heterocycles. The average Bonchev–Trinajstić information content (AvgIpc) is 2.38. The molecule has 106 valence electrons. The van der Waals surface area contributed by atoms with Crippen LogP contribution in [0.1, 0.15) is 45.2 Å². The molecule has 0 radical (unpaired) electrons. The molecule has 1 atom stereocenters. The van der Waals surface area contributed by atoms with Gasteiger partial charge in [0, 0.05) is 19.3 Å². The Morgan fingerprint density at radius 1 is 1.16 bits per heavy atom. The molecule has 3 nitrogen and oxygen atoms in total. The molecule has 2 rings (SSSR count). The molecule has 0 bridgehead atoms. The van der Waals surface area contributed by atoms with Crippen LogP contribution in [0.15, 0.2) is 24.3 Å². The predicted molar refractivity (Wildman–Crippen MR) is 77.3 cm³/mol. The molecule has 0 aliphatic carbocycles. The highest BCUT2D eigenvalue weighted by molar-refractivity contribution is 5.29. The lowest BCUT2D eigenvalue weighted by atomic mass is 9.88. The summed E-state index contributed by atoms with van der Waals surface area (Å²) in [6.45, 7) is 7.82. The van der Waals surface area contributed by atoms with E-state index in [0.717, 1.165) is 31.8 Å². The van der Waals surface area contributed by atoms with Crippen LogP contribution in [0.5, 0.6) is 5.75 Å². The van der Waals surface area contributed by atoms with Gasteiger partial charge >= 0.3 is 0 Å². The molecule has 3 heteroatoms. The highest BCUT2D eigenvalue weighted by atomic mass is 16.5. The fourth-order valence-electron chi connectivity index (χ4n) is 2.46. The van der Waals surface area contributed by atoms with Crippen molar-refractivity contribution in [3.63, 3.8) is 0 Å². The number of benzene rings is 1. The largest absolute Gasteiger partial charge is 0.488 e. The summed E-state index contributed by atoms with van der Waals surface area (Å²) in [4.78, 5) is 0. The van der Waals surface area contributed by atoms with Gasteiger partial charge in [0.05, 0.1) is 0 Å². The standard InChI is InChI=1S/C16H25NO2/c1-16(2,3)19-14-6-4-12(5-7-14)15(17)13-8-10-18-11-9-13/h4-7,13,15H,8-11,17H2,1-3H3/t15-/m1/s1. The molecular formula is C16H25NO2. The van der Waals surface area contributed by atoms with E-state index in [9.17, 15) is 0 Å². The van der Waals surface area contributed by atoms with E-state index in [1.54, 1.807) is 0 Å². The molecule has 1 aromatic carbocycles. The van der Waals surface area contributed by atoms with Crippen LogP contribution < -0.4 is 10.5 Å². The fraction of sp³-hybridized carbons (Fsp3) is 0.625. The summed E-state index contributed by atoms with van der Waals surface area (Å²) < 4.78 is 11.2. The third kappa shape index (κ3) is 4.22. The first-order valence-electron chi connectivity index (χ1n) is 7.08. The zero-order valence-electron chi connectivity index (χ0n) is 12.2. The Balaban J connectivity index is 2.01. The van der Waals surface area contributed by atoms with Crippen LogP contribution in [0.25, 0.3) is 0 Å². The number of rotatable bonds is 3. The van der Waals surface area contributed by atoms with Gasteiger partial charge in [-0.05, 0) is 57.2 Å². The van der Waals surface area contributed by atoms with E-state index in [1.807, 2.05) is 12.1 Å². The number of nitrogens with two attached hydrogens (primary N) is 1. The van der Waals surface area contributed by atoms with E-state index in [1.165, 1.54) is 5.56 Å². The molecule has 1 saturated heterocycles. The summed E-state index contributed by atoms with van der Waals surface area (Å²) in [6.07, 6.45) is 2.11. The van der Waals surface area contributed by atoms with Gasteiger partial charge in [0.15, 0.2) is 0 Å². The molecule has 0 amide bonds. The summed E-state index contributed by atoms with van der Waals surface area (Å²) in [5, 5.41) is 0. The molecular weight excluding hydrogens is 238 g/mol. The lowest BCUT2D eigenvalue weighted by molar-refractivity contribution is 0.0583. The van der Waals surface area contributed by atoms with Crippen LogP contribution >= 0.6 is 0 Å².